The highest BCUT2D eigenvalue weighted by Gasteiger charge is 2.18. The maximum Gasteiger partial charge on any atom is 0.336 e. The predicted octanol–water partition coefficient (Wildman–Crippen LogP) is 4.40. The van der Waals surface area contributed by atoms with E-state index < -0.39 is 5.97 Å². The number of hydrogen-bond acceptors (Lipinski definition) is 4. The highest BCUT2D eigenvalue weighted by molar-refractivity contribution is 5.94. The highest BCUT2D eigenvalue weighted by Crippen LogP contribution is 2.27. The Bertz CT molecular complexity index is 874. The lowest BCUT2D eigenvalue weighted by atomic mass is 9.87. The minimum Gasteiger partial charge on any atom is -0.478 e. The lowest BCUT2D eigenvalue weighted by Crippen LogP contribution is -2.10. The van der Waals surface area contributed by atoms with E-state index in [2.05, 4.69) is 30.9 Å². The van der Waals surface area contributed by atoms with Crippen LogP contribution < -0.4 is 0 Å². The highest BCUT2D eigenvalue weighted by atomic mass is 16.5. The second kappa shape index (κ2) is 5.92. The molecule has 0 bridgehead atoms. The Labute approximate surface area is 140 Å². The molecule has 0 aliphatic heterocycles. The molecule has 1 N–H and O–H groups in total. The quantitative estimate of drug-likeness (QED) is 0.773. The molecule has 0 aliphatic carbocycles. The number of aromatic carboxylic acids is 1. The third-order valence-electron chi connectivity index (χ3n) is 3.82. The molecule has 122 valence electrons. The van der Waals surface area contributed by atoms with E-state index in [0.717, 1.165) is 5.56 Å². The molecule has 5 nitrogen and oxygen atoms in total. The molecule has 0 unspecified atom stereocenters. The van der Waals surface area contributed by atoms with E-state index in [1.165, 1.54) is 11.6 Å². The standard InChI is InChI=1S/C19H18N2O3/c1-19(2,3)13-10-8-12(9-11-13)16-20-17(24-21-16)14-6-4-5-7-15(14)18(22)23/h4-11H,1-3H3,(H,22,23). The molecule has 0 spiro atoms. The number of aromatic nitrogens is 2. The van der Waals surface area contributed by atoms with Gasteiger partial charge in [-0.15, -0.1) is 0 Å². The summed E-state index contributed by atoms with van der Waals surface area (Å²) in [7, 11) is 0. The molecule has 24 heavy (non-hydrogen) atoms. The summed E-state index contributed by atoms with van der Waals surface area (Å²) in [6.07, 6.45) is 0. The number of rotatable bonds is 3. The molecule has 3 aromatic rings. The molecule has 1 heterocycles. The van der Waals surface area contributed by atoms with Gasteiger partial charge in [-0.1, -0.05) is 62.3 Å². The summed E-state index contributed by atoms with van der Waals surface area (Å²) < 4.78 is 5.27. The fraction of sp³-hybridized carbons (Fsp3) is 0.211. The van der Waals surface area contributed by atoms with Crippen molar-refractivity contribution in [2.45, 2.75) is 26.2 Å². The van der Waals surface area contributed by atoms with Crippen molar-refractivity contribution >= 4 is 5.97 Å². The normalized spacial score (nSPS) is 11.5. The molecule has 0 aliphatic rings. The number of hydrogen-bond donors (Lipinski definition) is 1. The lowest BCUT2D eigenvalue weighted by Gasteiger charge is -2.18. The van der Waals surface area contributed by atoms with Crippen molar-refractivity contribution in [3.8, 4) is 22.8 Å². The molecule has 0 saturated carbocycles. The van der Waals surface area contributed by atoms with Gasteiger partial charge in [0.25, 0.3) is 5.89 Å². The van der Waals surface area contributed by atoms with Crippen LogP contribution in [0.4, 0.5) is 0 Å². The minimum atomic E-state index is -1.03. The first-order valence-electron chi connectivity index (χ1n) is 7.63. The van der Waals surface area contributed by atoms with Gasteiger partial charge in [-0.05, 0) is 23.1 Å². The van der Waals surface area contributed by atoms with Crippen LogP contribution in [0.15, 0.2) is 53.1 Å². The van der Waals surface area contributed by atoms with E-state index in [1.54, 1.807) is 18.2 Å². The summed E-state index contributed by atoms with van der Waals surface area (Å²) in [6, 6.07) is 14.5. The molecular weight excluding hydrogens is 304 g/mol. The van der Waals surface area contributed by atoms with Gasteiger partial charge in [0.1, 0.15) is 0 Å². The zero-order valence-electron chi connectivity index (χ0n) is 13.8. The van der Waals surface area contributed by atoms with Crippen LogP contribution in [0.2, 0.25) is 0 Å². The fourth-order valence-electron chi connectivity index (χ4n) is 2.43. The summed E-state index contributed by atoms with van der Waals surface area (Å²) in [5.74, 6) is -0.395. The van der Waals surface area contributed by atoms with Gasteiger partial charge in [-0.2, -0.15) is 4.98 Å². The Morgan fingerprint density at radius 3 is 2.33 bits per heavy atom. The van der Waals surface area contributed by atoms with Crippen molar-refractivity contribution in [2.24, 2.45) is 0 Å². The molecule has 0 amide bonds. The average Bonchev–Trinajstić information content (AvgIpc) is 3.04. The maximum absolute atomic E-state index is 11.3. The van der Waals surface area contributed by atoms with E-state index >= 15 is 0 Å². The first-order chi connectivity index (χ1) is 11.4. The second-order valence-electron chi connectivity index (χ2n) is 6.60. The second-order valence-corrected chi connectivity index (χ2v) is 6.60. The number of benzene rings is 2. The van der Waals surface area contributed by atoms with Gasteiger partial charge in [0.2, 0.25) is 5.82 Å². The maximum atomic E-state index is 11.3. The lowest BCUT2D eigenvalue weighted by molar-refractivity contribution is 0.0697. The molecule has 1 aromatic heterocycles. The number of carbonyl (C=O) groups is 1. The van der Waals surface area contributed by atoms with Crippen LogP contribution in [0.1, 0.15) is 36.7 Å². The third kappa shape index (κ3) is 3.06. The van der Waals surface area contributed by atoms with Crippen LogP contribution in [0.25, 0.3) is 22.8 Å². The van der Waals surface area contributed by atoms with Crippen molar-refractivity contribution in [1.29, 1.82) is 0 Å². The zero-order chi connectivity index (χ0) is 17.3. The molecule has 0 atom stereocenters. The first-order valence-corrected chi connectivity index (χ1v) is 7.63. The zero-order valence-corrected chi connectivity index (χ0v) is 13.8. The van der Waals surface area contributed by atoms with Crippen molar-refractivity contribution in [1.82, 2.24) is 10.1 Å². The van der Waals surface area contributed by atoms with E-state index in [4.69, 9.17) is 4.52 Å². The molecule has 0 saturated heterocycles. The predicted molar refractivity (Wildman–Crippen MR) is 90.8 cm³/mol. The summed E-state index contributed by atoms with van der Waals surface area (Å²) in [5, 5.41) is 13.2. The van der Waals surface area contributed by atoms with Gasteiger partial charge in [0.15, 0.2) is 0 Å². The van der Waals surface area contributed by atoms with E-state index in [-0.39, 0.29) is 16.9 Å². The molecule has 5 heteroatoms. The van der Waals surface area contributed by atoms with E-state index in [9.17, 15) is 9.90 Å². The summed E-state index contributed by atoms with van der Waals surface area (Å²) in [4.78, 5) is 15.7. The average molecular weight is 322 g/mol. The molecular formula is C19H18N2O3. The number of carboxylic acids is 1. The number of carboxylic acid groups (broad SMARTS) is 1. The van der Waals surface area contributed by atoms with Gasteiger partial charge < -0.3 is 9.63 Å². The van der Waals surface area contributed by atoms with Gasteiger partial charge in [0.05, 0.1) is 11.1 Å². The van der Waals surface area contributed by atoms with Crippen molar-refractivity contribution < 1.29 is 14.4 Å². The van der Waals surface area contributed by atoms with Gasteiger partial charge in [0, 0.05) is 5.56 Å². The van der Waals surface area contributed by atoms with Crippen LogP contribution in [0, 0.1) is 0 Å². The van der Waals surface area contributed by atoms with Crippen LogP contribution >= 0.6 is 0 Å². The van der Waals surface area contributed by atoms with Gasteiger partial charge in [-0.25, -0.2) is 4.79 Å². The summed E-state index contributed by atoms with van der Waals surface area (Å²) in [6.45, 7) is 6.45. The smallest absolute Gasteiger partial charge is 0.336 e. The Morgan fingerprint density at radius 1 is 1.04 bits per heavy atom. The molecule has 0 fully saturated rings. The minimum absolute atomic E-state index is 0.0708. The molecule has 2 aromatic carbocycles. The summed E-state index contributed by atoms with van der Waals surface area (Å²) in [5.41, 5.74) is 2.66. The molecule has 0 radical (unpaired) electrons. The molecule has 3 rings (SSSR count). The Morgan fingerprint density at radius 2 is 1.71 bits per heavy atom. The van der Waals surface area contributed by atoms with Gasteiger partial charge in [-0.3, -0.25) is 0 Å². The van der Waals surface area contributed by atoms with E-state index in [0.29, 0.717) is 11.4 Å². The Balaban J connectivity index is 1.96. The fourth-order valence-corrected chi connectivity index (χ4v) is 2.43. The largest absolute Gasteiger partial charge is 0.478 e. The van der Waals surface area contributed by atoms with Gasteiger partial charge >= 0.3 is 5.97 Å². The van der Waals surface area contributed by atoms with Crippen LogP contribution in [-0.4, -0.2) is 21.2 Å². The first kappa shape index (κ1) is 15.9. The van der Waals surface area contributed by atoms with Crippen molar-refractivity contribution in [3.05, 3.63) is 59.7 Å². The Kier molecular flexibility index (Phi) is 3.93. The van der Waals surface area contributed by atoms with Crippen molar-refractivity contribution in [2.75, 3.05) is 0 Å². The van der Waals surface area contributed by atoms with Crippen molar-refractivity contribution in [3.63, 3.8) is 0 Å². The Hall–Kier alpha value is -2.95. The monoisotopic (exact) mass is 322 g/mol. The van der Waals surface area contributed by atoms with Crippen LogP contribution in [0.3, 0.4) is 0 Å². The topological polar surface area (TPSA) is 76.2 Å². The third-order valence-corrected chi connectivity index (χ3v) is 3.82. The van der Waals surface area contributed by atoms with Crippen LogP contribution in [-0.2, 0) is 5.41 Å². The SMILES string of the molecule is CC(C)(C)c1ccc(-c2noc(-c3ccccc3C(=O)O)n2)cc1. The number of nitrogens with zero attached hydrogens (tertiary/aromatic N) is 2. The van der Waals surface area contributed by atoms with Crippen LogP contribution in [0.5, 0.6) is 0 Å². The van der Waals surface area contributed by atoms with E-state index in [1.807, 2.05) is 24.3 Å². The summed E-state index contributed by atoms with van der Waals surface area (Å²) >= 11 is 0.